The van der Waals surface area contributed by atoms with Gasteiger partial charge in [-0.15, -0.1) is 0 Å². The van der Waals surface area contributed by atoms with Crippen LogP contribution in [0.2, 0.25) is 0 Å². The first-order valence-corrected chi connectivity index (χ1v) is 9.94. The van der Waals surface area contributed by atoms with Gasteiger partial charge in [0.15, 0.2) is 7.14 Å². The van der Waals surface area contributed by atoms with Crippen LogP contribution < -0.4 is 26.0 Å². The molecule has 0 heterocycles. The lowest BCUT2D eigenvalue weighted by molar-refractivity contribution is -0.114. The maximum absolute atomic E-state index is 14.6. The second kappa shape index (κ2) is 7.59. The summed E-state index contributed by atoms with van der Waals surface area (Å²) < 4.78 is 20.1. The number of hydrogen-bond donors (Lipinski definition) is 1. The topological polar surface area (TPSA) is 55.4 Å². The van der Waals surface area contributed by atoms with E-state index in [0.29, 0.717) is 27.4 Å². The fourth-order valence-electron chi connectivity index (χ4n) is 2.98. The van der Waals surface area contributed by atoms with Crippen molar-refractivity contribution in [2.75, 3.05) is 12.4 Å². The van der Waals surface area contributed by atoms with E-state index >= 15 is 0 Å². The number of anilines is 1. The van der Waals surface area contributed by atoms with E-state index in [-0.39, 0.29) is 5.91 Å². The molecule has 0 fully saturated rings. The minimum absolute atomic E-state index is 0.211. The number of nitrogens with one attached hydrogen (secondary N) is 1. The van der Waals surface area contributed by atoms with E-state index in [1.165, 1.54) is 6.92 Å². The first-order chi connectivity index (χ1) is 12.6. The van der Waals surface area contributed by atoms with Gasteiger partial charge in [0, 0.05) is 17.5 Å². The van der Waals surface area contributed by atoms with Gasteiger partial charge < -0.3 is 14.6 Å². The van der Waals surface area contributed by atoms with Gasteiger partial charge in [0.05, 0.1) is 18.1 Å². The van der Waals surface area contributed by atoms with Crippen molar-refractivity contribution in [3.8, 4) is 5.75 Å². The minimum Gasteiger partial charge on any atom is -0.496 e. The van der Waals surface area contributed by atoms with Gasteiger partial charge in [0.1, 0.15) is 5.75 Å². The monoisotopic (exact) mass is 365 g/mol. The number of hydrogen-bond acceptors (Lipinski definition) is 3. The Balaban J connectivity index is 2.34. The number of amides is 1. The zero-order valence-electron chi connectivity index (χ0n) is 14.7. The largest absolute Gasteiger partial charge is 0.496 e. The molecule has 0 aliphatic heterocycles. The van der Waals surface area contributed by atoms with Crippen LogP contribution in [0.15, 0.2) is 78.9 Å². The second-order valence-electron chi connectivity index (χ2n) is 5.82. The normalized spacial score (nSPS) is 12.8. The van der Waals surface area contributed by atoms with Crippen LogP contribution in [0.5, 0.6) is 5.75 Å². The highest BCUT2D eigenvalue weighted by Gasteiger charge is 2.34. The van der Waals surface area contributed by atoms with Crippen LogP contribution in [-0.4, -0.2) is 13.0 Å². The van der Waals surface area contributed by atoms with Crippen molar-refractivity contribution in [3.05, 3.63) is 78.9 Å². The SMILES string of the molecule is COc1ccccc1[P@](=O)(c1ccccc1)c1ccccc1NC(C)=O. The number of rotatable bonds is 5. The van der Waals surface area contributed by atoms with Gasteiger partial charge >= 0.3 is 0 Å². The molecule has 0 bridgehead atoms. The number of carbonyl (C=O) groups excluding carboxylic acids is 1. The molecular formula is C21H20NO3P. The maximum Gasteiger partial charge on any atom is 0.221 e. The van der Waals surface area contributed by atoms with Gasteiger partial charge in [-0.1, -0.05) is 54.6 Å². The number of carbonyl (C=O) groups is 1. The molecule has 1 N–H and O–H groups in total. The molecule has 0 unspecified atom stereocenters. The van der Waals surface area contributed by atoms with Crippen molar-refractivity contribution in [3.63, 3.8) is 0 Å². The van der Waals surface area contributed by atoms with Crippen LogP contribution >= 0.6 is 7.14 Å². The summed E-state index contributed by atoms with van der Waals surface area (Å²) in [6.45, 7) is 1.44. The molecule has 26 heavy (non-hydrogen) atoms. The molecule has 3 rings (SSSR count). The Hall–Kier alpha value is -2.84. The predicted molar refractivity (Wildman–Crippen MR) is 107 cm³/mol. The predicted octanol–water partition coefficient (Wildman–Crippen LogP) is 3.29. The van der Waals surface area contributed by atoms with Crippen molar-refractivity contribution >= 4 is 34.7 Å². The molecule has 4 nitrogen and oxygen atoms in total. The molecule has 1 atom stereocenters. The number of ether oxygens (including phenoxy) is 1. The number of methoxy groups -OCH3 is 1. The summed E-state index contributed by atoms with van der Waals surface area (Å²) in [6.07, 6.45) is 0. The lowest BCUT2D eigenvalue weighted by atomic mass is 10.3. The lowest BCUT2D eigenvalue weighted by Crippen LogP contribution is -2.28. The van der Waals surface area contributed by atoms with E-state index < -0.39 is 7.14 Å². The third-order valence-electron chi connectivity index (χ3n) is 4.10. The fraction of sp³-hybridized carbons (Fsp3) is 0.0952. The third kappa shape index (κ3) is 3.29. The van der Waals surface area contributed by atoms with Crippen LogP contribution in [0.4, 0.5) is 5.69 Å². The van der Waals surface area contributed by atoms with Crippen molar-refractivity contribution in [1.29, 1.82) is 0 Å². The molecule has 1 amide bonds. The molecule has 0 spiro atoms. The van der Waals surface area contributed by atoms with Gasteiger partial charge in [-0.25, -0.2) is 0 Å². The Bertz CT molecular complexity index is 970. The maximum atomic E-state index is 14.6. The highest BCUT2D eigenvalue weighted by molar-refractivity contribution is 7.85. The van der Waals surface area contributed by atoms with Gasteiger partial charge in [0.2, 0.25) is 5.91 Å². The fourth-order valence-corrected chi connectivity index (χ4v) is 5.93. The summed E-state index contributed by atoms with van der Waals surface area (Å²) in [4.78, 5) is 11.7. The van der Waals surface area contributed by atoms with Crippen molar-refractivity contribution in [1.82, 2.24) is 0 Å². The molecule has 132 valence electrons. The molecule has 3 aromatic rings. The number of benzene rings is 3. The third-order valence-corrected chi connectivity index (χ3v) is 7.24. The van der Waals surface area contributed by atoms with Crippen LogP contribution in [0.25, 0.3) is 0 Å². The molecule has 0 radical (unpaired) electrons. The highest BCUT2D eigenvalue weighted by atomic mass is 31.2. The van der Waals surface area contributed by atoms with E-state index in [9.17, 15) is 9.36 Å². The van der Waals surface area contributed by atoms with Crippen molar-refractivity contribution in [2.24, 2.45) is 0 Å². The van der Waals surface area contributed by atoms with E-state index in [0.717, 1.165) is 0 Å². The average Bonchev–Trinajstić information content (AvgIpc) is 2.68. The Labute approximate surface area is 153 Å². The number of para-hydroxylation sites is 2. The first kappa shape index (κ1) is 18.0. The first-order valence-electron chi connectivity index (χ1n) is 8.24. The van der Waals surface area contributed by atoms with E-state index in [1.807, 2.05) is 60.7 Å². The summed E-state index contributed by atoms with van der Waals surface area (Å²) >= 11 is 0. The lowest BCUT2D eigenvalue weighted by Gasteiger charge is -2.24. The molecule has 5 heteroatoms. The van der Waals surface area contributed by atoms with Crippen LogP contribution in [0, 0.1) is 0 Å². The van der Waals surface area contributed by atoms with Crippen molar-refractivity contribution < 1.29 is 14.1 Å². The smallest absolute Gasteiger partial charge is 0.221 e. The summed E-state index contributed by atoms with van der Waals surface area (Å²) in [5, 5.41) is 4.66. The summed E-state index contributed by atoms with van der Waals surface area (Å²) in [5.74, 6) is 0.342. The standard InChI is InChI=1S/C21H20NO3P/c1-16(23)22-18-12-6-8-14-20(18)26(24,17-10-4-3-5-11-17)21-15-9-7-13-19(21)25-2/h3-15H,1-2H3,(H,22,23)/t26-/m0/s1. The molecule has 3 aromatic carbocycles. The van der Waals surface area contributed by atoms with Gasteiger partial charge in [0.25, 0.3) is 0 Å². The van der Waals surface area contributed by atoms with Crippen LogP contribution in [0.1, 0.15) is 6.92 Å². The zero-order chi connectivity index (χ0) is 18.6. The van der Waals surface area contributed by atoms with Crippen LogP contribution in [-0.2, 0) is 9.36 Å². The molecule has 0 saturated carbocycles. The Kier molecular flexibility index (Phi) is 5.24. The van der Waals surface area contributed by atoms with Gasteiger partial charge in [-0.05, 0) is 24.3 Å². The summed E-state index contributed by atoms with van der Waals surface area (Å²) in [5.41, 5.74) is 0.540. The van der Waals surface area contributed by atoms with E-state index in [1.54, 1.807) is 25.3 Å². The van der Waals surface area contributed by atoms with Crippen molar-refractivity contribution in [2.45, 2.75) is 6.92 Å². The van der Waals surface area contributed by atoms with Gasteiger partial charge in [-0.3, -0.25) is 4.79 Å². The second-order valence-corrected chi connectivity index (χ2v) is 8.51. The van der Waals surface area contributed by atoms with E-state index in [2.05, 4.69) is 5.32 Å². The van der Waals surface area contributed by atoms with Gasteiger partial charge in [-0.2, -0.15) is 0 Å². The average molecular weight is 365 g/mol. The quantitative estimate of drug-likeness (QED) is 0.706. The van der Waals surface area contributed by atoms with E-state index in [4.69, 9.17) is 4.74 Å². The van der Waals surface area contributed by atoms with Crippen LogP contribution in [0.3, 0.4) is 0 Å². The highest BCUT2D eigenvalue weighted by Crippen LogP contribution is 2.46. The molecule has 0 aliphatic rings. The Morgan fingerprint density at radius 1 is 0.846 bits per heavy atom. The zero-order valence-corrected chi connectivity index (χ0v) is 15.6. The minimum atomic E-state index is -3.26. The molecular weight excluding hydrogens is 345 g/mol. The summed E-state index contributed by atoms with van der Waals surface area (Å²) in [7, 11) is -1.70. The Morgan fingerprint density at radius 2 is 1.42 bits per heavy atom. The molecule has 0 aliphatic carbocycles. The Morgan fingerprint density at radius 3 is 2.08 bits per heavy atom. The molecule has 0 aromatic heterocycles. The molecule has 0 saturated heterocycles. The summed E-state index contributed by atoms with van der Waals surface area (Å²) in [6, 6.07) is 23.8.